The third-order valence-corrected chi connectivity index (χ3v) is 5.99. The van der Waals surface area contributed by atoms with E-state index in [9.17, 15) is 8.42 Å². The molecular formula is C20H26N4O3S. The molecule has 8 heteroatoms. The molecule has 1 aliphatic heterocycles. The van der Waals surface area contributed by atoms with Gasteiger partial charge in [0.1, 0.15) is 11.4 Å². The molecule has 1 fully saturated rings. The molecule has 7 nitrogen and oxygen atoms in total. The van der Waals surface area contributed by atoms with E-state index in [4.69, 9.17) is 4.74 Å². The molecule has 0 amide bonds. The number of fused-ring (bicyclic) bond motifs is 1. The van der Waals surface area contributed by atoms with Gasteiger partial charge < -0.3 is 15.0 Å². The summed E-state index contributed by atoms with van der Waals surface area (Å²) in [6.45, 7) is 3.10. The molecule has 0 bridgehead atoms. The Morgan fingerprint density at radius 1 is 1.39 bits per heavy atom. The third kappa shape index (κ3) is 4.45. The highest BCUT2D eigenvalue weighted by molar-refractivity contribution is 7.88. The van der Waals surface area contributed by atoms with Gasteiger partial charge in [0.05, 0.1) is 18.2 Å². The zero-order valence-corrected chi connectivity index (χ0v) is 16.8. The van der Waals surface area contributed by atoms with Crippen LogP contribution in [0.5, 0.6) is 5.75 Å². The van der Waals surface area contributed by atoms with Crippen molar-refractivity contribution in [2.75, 3.05) is 32.5 Å². The van der Waals surface area contributed by atoms with E-state index < -0.39 is 10.0 Å². The highest BCUT2D eigenvalue weighted by Crippen LogP contribution is 2.36. The third-order valence-electron chi connectivity index (χ3n) is 5.32. The molecule has 0 spiro atoms. The summed E-state index contributed by atoms with van der Waals surface area (Å²) in [4.78, 5) is 7.70. The number of rotatable bonds is 7. The average molecular weight is 403 g/mol. The topological polar surface area (TPSA) is 96.1 Å². The Balaban J connectivity index is 1.50. The fraction of sp³-hybridized carbons (Fsp3) is 0.450. The summed E-state index contributed by atoms with van der Waals surface area (Å²) >= 11 is 0. The van der Waals surface area contributed by atoms with Crippen LogP contribution in [-0.4, -0.2) is 50.9 Å². The monoisotopic (exact) mass is 402 g/mol. The van der Waals surface area contributed by atoms with Crippen LogP contribution in [0, 0.1) is 5.92 Å². The number of hydrogen-bond donors (Lipinski definition) is 3. The van der Waals surface area contributed by atoms with E-state index in [2.05, 4.69) is 32.2 Å². The first-order valence-electron chi connectivity index (χ1n) is 9.61. The van der Waals surface area contributed by atoms with Crippen LogP contribution in [0.2, 0.25) is 0 Å². The quantitative estimate of drug-likeness (QED) is 0.659. The van der Waals surface area contributed by atoms with Gasteiger partial charge in [0.25, 0.3) is 0 Å². The van der Waals surface area contributed by atoms with Crippen molar-refractivity contribution in [2.45, 2.75) is 18.8 Å². The van der Waals surface area contributed by atoms with Gasteiger partial charge in [-0.1, -0.05) is 18.2 Å². The summed E-state index contributed by atoms with van der Waals surface area (Å²) in [6, 6.07) is 1.94. The molecule has 1 saturated heterocycles. The number of aromatic nitrogens is 2. The van der Waals surface area contributed by atoms with E-state index in [0.29, 0.717) is 19.1 Å². The normalized spacial score (nSPS) is 22.5. The van der Waals surface area contributed by atoms with Crippen molar-refractivity contribution in [1.29, 1.82) is 0 Å². The summed E-state index contributed by atoms with van der Waals surface area (Å²) in [5.41, 5.74) is 2.97. The number of pyridine rings is 1. The minimum absolute atomic E-state index is 0.204. The van der Waals surface area contributed by atoms with Crippen LogP contribution in [0.25, 0.3) is 11.0 Å². The van der Waals surface area contributed by atoms with Gasteiger partial charge in [0.15, 0.2) is 0 Å². The van der Waals surface area contributed by atoms with Gasteiger partial charge in [-0.05, 0) is 36.6 Å². The number of allylic oxidation sites excluding steroid dienone is 2. The van der Waals surface area contributed by atoms with Gasteiger partial charge in [-0.15, -0.1) is 0 Å². The molecule has 28 heavy (non-hydrogen) atoms. The molecule has 2 unspecified atom stereocenters. The van der Waals surface area contributed by atoms with Gasteiger partial charge in [0, 0.05) is 37.3 Å². The fourth-order valence-electron chi connectivity index (χ4n) is 3.77. The van der Waals surface area contributed by atoms with Crippen molar-refractivity contribution in [3.63, 3.8) is 0 Å². The Morgan fingerprint density at radius 3 is 3.00 bits per heavy atom. The van der Waals surface area contributed by atoms with E-state index in [1.165, 1.54) is 6.26 Å². The number of H-pyrrole nitrogens is 1. The lowest BCUT2D eigenvalue weighted by Crippen LogP contribution is -2.24. The molecule has 0 aromatic carbocycles. The van der Waals surface area contributed by atoms with E-state index in [0.717, 1.165) is 53.9 Å². The zero-order valence-electron chi connectivity index (χ0n) is 15.9. The lowest BCUT2D eigenvalue weighted by atomic mass is 9.90. The maximum absolute atomic E-state index is 11.3. The molecule has 1 aliphatic carbocycles. The van der Waals surface area contributed by atoms with Crippen LogP contribution >= 0.6 is 0 Å². The summed E-state index contributed by atoms with van der Waals surface area (Å²) in [5.74, 6) is 1.62. The second kappa shape index (κ2) is 8.06. The molecule has 0 saturated carbocycles. The first kappa shape index (κ1) is 19.2. The van der Waals surface area contributed by atoms with Crippen molar-refractivity contribution < 1.29 is 13.2 Å². The maximum atomic E-state index is 11.3. The maximum Gasteiger partial charge on any atom is 0.209 e. The average Bonchev–Trinajstić information content (AvgIpc) is 3.34. The van der Waals surface area contributed by atoms with Crippen LogP contribution in [0.15, 0.2) is 42.3 Å². The lowest BCUT2D eigenvalue weighted by molar-refractivity contribution is 0.262. The molecule has 3 N–H and O–H groups in total. The molecular weight excluding hydrogens is 376 g/mol. The zero-order chi connectivity index (χ0) is 19.6. The molecule has 150 valence electrons. The Labute approximate surface area is 165 Å². The van der Waals surface area contributed by atoms with Crippen molar-refractivity contribution in [3.05, 3.63) is 47.8 Å². The Morgan fingerprint density at radius 2 is 2.29 bits per heavy atom. The summed E-state index contributed by atoms with van der Waals surface area (Å²) in [5, 5.41) is 4.41. The van der Waals surface area contributed by atoms with Crippen LogP contribution in [-0.2, 0) is 10.0 Å². The standard InChI is InChI=1S/C20H26N4O3S/c1-28(25,26)24-11-14-2-4-16(5-3-14)17-12-23-20-19(17)18(7-9-22-20)27-13-15-6-8-21-10-15/h2-4,7,9,12,15-16,21,24H,5-6,8,10-11,13H2,1H3,(H,22,23). The second-order valence-corrected chi connectivity index (χ2v) is 9.35. The summed E-state index contributed by atoms with van der Waals surface area (Å²) < 4.78 is 31.3. The van der Waals surface area contributed by atoms with Crippen molar-refractivity contribution in [1.82, 2.24) is 20.0 Å². The van der Waals surface area contributed by atoms with Gasteiger partial charge >= 0.3 is 0 Å². The number of nitrogens with zero attached hydrogens (tertiary/aromatic N) is 1. The Hall–Kier alpha value is -2.16. The van der Waals surface area contributed by atoms with Gasteiger partial charge in [-0.3, -0.25) is 0 Å². The molecule has 2 aromatic rings. The molecule has 2 atom stereocenters. The molecule has 2 aliphatic rings. The molecule has 0 radical (unpaired) electrons. The first-order chi connectivity index (χ1) is 13.5. The van der Waals surface area contributed by atoms with Crippen molar-refractivity contribution in [2.24, 2.45) is 5.92 Å². The van der Waals surface area contributed by atoms with E-state index in [1.54, 1.807) is 6.20 Å². The van der Waals surface area contributed by atoms with Crippen LogP contribution in [0.3, 0.4) is 0 Å². The predicted molar refractivity (Wildman–Crippen MR) is 110 cm³/mol. The van der Waals surface area contributed by atoms with Crippen LogP contribution in [0.4, 0.5) is 0 Å². The first-order valence-corrected chi connectivity index (χ1v) is 11.5. The van der Waals surface area contributed by atoms with Crippen LogP contribution in [0.1, 0.15) is 24.3 Å². The second-order valence-electron chi connectivity index (χ2n) is 7.52. The largest absolute Gasteiger partial charge is 0.492 e. The minimum atomic E-state index is -3.19. The SMILES string of the molecule is CS(=O)(=O)NCC1=CCC(c2c[nH]c3nccc(OCC4CCNC4)c23)C=C1. The number of aromatic amines is 1. The smallest absolute Gasteiger partial charge is 0.209 e. The van der Waals surface area contributed by atoms with E-state index in [1.807, 2.05) is 18.3 Å². The molecule has 3 heterocycles. The molecule has 4 rings (SSSR count). The predicted octanol–water partition coefficient (Wildman–Crippen LogP) is 2.07. The number of hydrogen-bond acceptors (Lipinski definition) is 5. The minimum Gasteiger partial charge on any atom is -0.492 e. The number of sulfonamides is 1. The van der Waals surface area contributed by atoms with Gasteiger partial charge in [-0.25, -0.2) is 18.1 Å². The van der Waals surface area contributed by atoms with Crippen molar-refractivity contribution >= 4 is 21.1 Å². The number of ether oxygens (including phenoxy) is 1. The highest BCUT2D eigenvalue weighted by Gasteiger charge is 2.20. The van der Waals surface area contributed by atoms with E-state index in [-0.39, 0.29) is 5.92 Å². The van der Waals surface area contributed by atoms with E-state index >= 15 is 0 Å². The summed E-state index contributed by atoms with van der Waals surface area (Å²) in [7, 11) is -3.19. The fourth-order valence-corrected chi connectivity index (χ4v) is 4.20. The Bertz CT molecular complexity index is 1000. The molecule has 2 aromatic heterocycles. The number of nitrogens with one attached hydrogen (secondary N) is 3. The van der Waals surface area contributed by atoms with Crippen LogP contribution < -0.4 is 14.8 Å². The highest BCUT2D eigenvalue weighted by atomic mass is 32.2. The van der Waals surface area contributed by atoms with Gasteiger partial charge in [0.2, 0.25) is 10.0 Å². The lowest BCUT2D eigenvalue weighted by Gasteiger charge is -2.17. The Kier molecular flexibility index (Phi) is 5.52. The van der Waals surface area contributed by atoms with Gasteiger partial charge in [-0.2, -0.15) is 0 Å². The summed E-state index contributed by atoms with van der Waals surface area (Å²) in [6.07, 6.45) is 13.1. The van der Waals surface area contributed by atoms with Crippen molar-refractivity contribution in [3.8, 4) is 5.75 Å².